The lowest BCUT2D eigenvalue weighted by Gasteiger charge is -2.26. The molecular formula is C15H18F2N3O5P. The summed E-state index contributed by atoms with van der Waals surface area (Å²) in [6.07, 6.45) is 1.16. The van der Waals surface area contributed by atoms with E-state index in [0.717, 1.165) is 25.3 Å². The van der Waals surface area contributed by atoms with Gasteiger partial charge in [0.05, 0.1) is 20.3 Å². The fourth-order valence-corrected chi connectivity index (χ4v) is 3.46. The molecule has 0 saturated heterocycles. The Labute approximate surface area is 148 Å². The zero-order chi connectivity index (χ0) is 19.8. The quantitative estimate of drug-likeness (QED) is 0.150. The number of nitrogens with zero attached hydrogens (tertiary/aromatic N) is 3. The van der Waals surface area contributed by atoms with E-state index in [0.29, 0.717) is 5.56 Å². The van der Waals surface area contributed by atoms with Crippen molar-refractivity contribution in [1.82, 2.24) is 0 Å². The average Bonchev–Trinajstić information content (AvgIpc) is 2.61. The molecule has 142 valence electrons. The van der Waals surface area contributed by atoms with Gasteiger partial charge in [0, 0.05) is 10.5 Å². The predicted molar refractivity (Wildman–Crippen MR) is 90.3 cm³/mol. The Morgan fingerprint density at radius 3 is 2.23 bits per heavy atom. The number of alkyl halides is 2. The molecule has 8 nitrogen and oxygen atoms in total. The zero-order valence-corrected chi connectivity index (χ0v) is 15.3. The summed E-state index contributed by atoms with van der Waals surface area (Å²) in [5.74, 6) is -0.880. The van der Waals surface area contributed by atoms with Crippen LogP contribution in [0.2, 0.25) is 0 Å². The standard InChI is InChI=1S/C15H18F2N3O5P/c1-4-24-26(22,25-5-2)15(16,17)12-8-6-11(7-9-12)10-13(19-20-18)14(21)23-3/h6-10H,4-5H2,1-3H3/b13-10+. The van der Waals surface area contributed by atoms with Gasteiger partial charge in [0.2, 0.25) is 0 Å². The van der Waals surface area contributed by atoms with E-state index in [4.69, 9.17) is 14.6 Å². The SMILES string of the molecule is CCOP(=O)(OCC)C(F)(F)c1ccc(/C=C(/N=[N+]=[N-])C(=O)OC)cc1. The first kappa shape index (κ1) is 21.8. The number of azide groups is 1. The molecule has 0 aliphatic heterocycles. The van der Waals surface area contributed by atoms with Crippen LogP contribution in [0.1, 0.15) is 25.0 Å². The van der Waals surface area contributed by atoms with E-state index < -0.39 is 24.8 Å². The molecule has 0 aromatic heterocycles. The molecule has 0 saturated carbocycles. The van der Waals surface area contributed by atoms with Crippen LogP contribution >= 0.6 is 7.60 Å². The lowest BCUT2D eigenvalue weighted by molar-refractivity contribution is -0.136. The number of carbonyl (C=O) groups is 1. The maximum absolute atomic E-state index is 14.6. The second kappa shape index (κ2) is 9.45. The third-order valence-corrected chi connectivity index (χ3v) is 5.19. The highest BCUT2D eigenvalue weighted by atomic mass is 31.2. The van der Waals surface area contributed by atoms with E-state index in [-0.39, 0.29) is 18.9 Å². The van der Waals surface area contributed by atoms with Gasteiger partial charge < -0.3 is 13.8 Å². The molecule has 1 aromatic rings. The highest BCUT2D eigenvalue weighted by Gasteiger charge is 2.54. The molecule has 0 aliphatic carbocycles. The molecule has 0 heterocycles. The van der Waals surface area contributed by atoms with Crippen molar-refractivity contribution in [3.8, 4) is 0 Å². The van der Waals surface area contributed by atoms with E-state index in [1.807, 2.05) is 0 Å². The third-order valence-electron chi connectivity index (χ3n) is 3.05. The number of benzene rings is 1. The Morgan fingerprint density at radius 2 is 1.81 bits per heavy atom. The molecule has 26 heavy (non-hydrogen) atoms. The first-order valence-electron chi connectivity index (χ1n) is 7.48. The zero-order valence-electron chi connectivity index (χ0n) is 14.4. The Morgan fingerprint density at radius 1 is 1.27 bits per heavy atom. The second-order valence-corrected chi connectivity index (χ2v) is 6.78. The van der Waals surface area contributed by atoms with Gasteiger partial charge in [-0.2, -0.15) is 8.78 Å². The molecule has 0 atom stereocenters. The summed E-state index contributed by atoms with van der Waals surface area (Å²) in [5.41, 5.74) is 3.96. The van der Waals surface area contributed by atoms with E-state index in [9.17, 15) is 18.1 Å². The molecule has 11 heteroatoms. The van der Waals surface area contributed by atoms with Crippen molar-refractivity contribution in [1.29, 1.82) is 0 Å². The number of esters is 1. The number of halogens is 2. The summed E-state index contributed by atoms with van der Waals surface area (Å²) in [7, 11) is -3.60. The van der Waals surface area contributed by atoms with Crippen LogP contribution in [-0.2, 0) is 28.8 Å². The van der Waals surface area contributed by atoms with E-state index >= 15 is 0 Å². The summed E-state index contributed by atoms with van der Waals surface area (Å²) in [6.45, 7) is 2.45. The predicted octanol–water partition coefficient (Wildman–Crippen LogP) is 4.83. The van der Waals surface area contributed by atoms with Crippen LogP contribution in [0.4, 0.5) is 8.78 Å². The van der Waals surface area contributed by atoms with Crippen molar-refractivity contribution >= 4 is 19.6 Å². The topological polar surface area (TPSA) is 111 Å². The van der Waals surface area contributed by atoms with Crippen molar-refractivity contribution in [2.75, 3.05) is 20.3 Å². The highest BCUT2D eigenvalue weighted by Crippen LogP contribution is 2.66. The number of ether oxygens (including phenoxy) is 1. The molecule has 0 aliphatic rings. The Balaban J connectivity index is 3.25. The van der Waals surface area contributed by atoms with Crippen molar-refractivity contribution < 1.29 is 31.9 Å². The lowest BCUT2D eigenvalue weighted by atomic mass is 10.1. The van der Waals surface area contributed by atoms with Crippen LogP contribution in [0, 0.1) is 0 Å². The minimum absolute atomic E-state index is 0.206. The minimum atomic E-state index is -4.71. The summed E-state index contributed by atoms with van der Waals surface area (Å²) >= 11 is 0. The van der Waals surface area contributed by atoms with Crippen molar-refractivity contribution in [3.63, 3.8) is 0 Å². The number of carbonyl (C=O) groups excluding carboxylic acids is 1. The highest BCUT2D eigenvalue weighted by molar-refractivity contribution is 7.54. The first-order valence-corrected chi connectivity index (χ1v) is 9.02. The van der Waals surface area contributed by atoms with Gasteiger partial charge in [-0.25, -0.2) is 4.79 Å². The van der Waals surface area contributed by atoms with Crippen molar-refractivity contribution in [3.05, 3.63) is 51.5 Å². The van der Waals surface area contributed by atoms with Gasteiger partial charge in [-0.15, -0.1) is 0 Å². The molecule has 0 unspecified atom stereocenters. The molecule has 0 amide bonds. The minimum Gasteiger partial charge on any atom is -0.466 e. The van der Waals surface area contributed by atoms with Gasteiger partial charge in [0.15, 0.2) is 0 Å². The molecular weight excluding hydrogens is 371 g/mol. The smallest absolute Gasteiger partial charge is 0.404 e. The summed E-state index contributed by atoms with van der Waals surface area (Å²) < 4.78 is 55.5. The first-order chi connectivity index (χ1) is 12.3. The average molecular weight is 389 g/mol. The number of rotatable bonds is 9. The van der Waals surface area contributed by atoms with Gasteiger partial charge in [-0.05, 0) is 31.0 Å². The van der Waals surface area contributed by atoms with E-state index in [1.165, 1.54) is 26.0 Å². The van der Waals surface area contributed by atoms with Crippen LogP contribution in [0.15, 0.2) is 35.1 Å². The molecule has 1 aromatic carbocycles. The normalized spacial score (nSPS) is 12.4. The Kier molecular flexibility index (Phi) is 7.92. The van der Waals surface area contributed by atoms with E-state index in [1.54, 1.807) is 0 Å². The van der Waals surface area contributed by atoms with Gasteiger partial charge in [-0.1, -0.05) is 29.4 Å². The number of methoxy groups -OCH3 is 1. The third kappa shape index (κ3) is 4.89. The van der Waals surface area contributed by atoms with E-state index in [2.05, 4.69) is 14.8 Å². The lowest BCUT2D eigenvalue weighted by Crippen LogP contribution is -2.18. The fraction of sp³-hybridized carbons (Fsp3) is 0.400. The molecule has 1 rings (SSSR count). The molecule has 0 spiro atoms. The van der Waals surface area contributed by atoms with Gasteiger partial charge in [0.1, 0.15) is 5.70 Å². The Hall–Kier alpha value is -2.25. The molecule has 0 radical (unpaired) electrons. The van der Waals surface area contributed by atoms with Crippen LogP contribution in [0.25, 0.3) is 16.5 Å². The summed E-state index contributed by atoms with van der Waals surface area (Å²) in [6, 6.07) is 4.51. The molecule has 0 N–H and O–H groups in total. The van der Waals surface area contributed by atoms with Crippen LogP contribution in [-0.4, -0.2) is 26.3 Å². The van der Waals surface area contributed by atoms with Gasteiger partial charge in [-0.3, -0.25) is 4.57 Å². The molecule has 0 bridgehead atoms. The number of hydrogen-bond acceptors (Lipinski definition) is 6. The fourth-order valence-electron chi connectivity index (χ4n) is 1.92. The van der Waals surface area contributed by atoms with Crippen molar-refractivity contribution in [2.24, 2.45) is 5.11 Å². The number of hydrogen-bond donors (Lipinski definition) is 0. The largest absolute Gasteiger partial charge is 0.466 e. The maximum Gasteiger partial charge on any atom is 0.404 e. The van der Waals surface area contributed by atoms with Crippen molar-refractivity contribution in [2.45, 2.75) is 19.5 Å². The van der Waals surface area contributed by atoms with Gasteiger partial charge >= 0.3 is 19.2 Å². The maximum atomic E-state index is 14.6. The molecule has 0 fully saturated rings. The summed E-state index contributed by atoms with van der Waals surface area (Å²) in [4.78, 5) is 14.0. The van der Waals surface area contributed by atoms with Gasteiger partial charge in [0.25, 0.3) is 0 Å². The van der Waals surface area contributed by atoms with Crippen LogP contribution < -0.4 is 0 Å². The second-order valence-electron chi connectivity index (χ2n) is 4.71. The van der Waals surface area contributed by atoms with Crippen LogP contribution in [0.3, 0.4) is 0 Å². The van der Waals surface area contributed by atoms with Crippen LogP contribution in [0.5, 0.6) is 0 Å². The Bertz CT molecular complexity index is 751. The summed E-state index contributed by atoms with van der Waals surface area (Å²) in [5, 5.41) is 3.18. The monoisotopic (exact) mass is 389 g/mol.